The Morgan fingerprint density at radius 2 is 2.05 bits per heavy atom. The molecular formula is C17H27N3O. The van der Waals surface area contributed by atoms with Crippen molar-refractivity contribution in [2.45, 2.75) is 51.2 Å². The largest absolute Gasteiger partial charge is 0.387 e. The number of hydrogen-bond acceptors (Lipinski definition) is 4. The van der Waals surface area contributed by atoms with Crippen LogP contribution in [0.15, 0.2) is 18.3 Å². The van der Waals surface area contributed by atoms with Crippen LogP contribution in [0.2, 0.25) is 0 Å². The summed E-state index contributed by atoms with van der Waals surface area (Å²) in [6, 6.07) is 4.79. The fraction of sp³-hybridized carbons (Fsp3) is 0.706. The third-order valence-corrected chi connectivity index (χ3v) is 4.93. The molecule has 0 aliphatic carbocycles. The highest BCUT2D eigenvalue weighted by atomic mass is 16.3. The third kappa shape index (κ3) is 3.38. The van der Waals surface area contributed by atoms with Gasteiger partial charge in [-0.3, -0.25) is 9.88 Å². The minimum Gasteiger partial charge on any atom is -0.387 e. The molecule has 3 rings (SSSR count). The van der Waals surface area contributed by atoms with Crippen molar-refractivity contribution in [1.82, 2.24) is 9.88 Å². The summed E-state index contributed by atoms with van der Waals surface area (Å²) in [6.07, 6.45) is 7.60. The van der Waals surface area contributed by atoms with Gasteiger partial charge >= 0.3 is 0 Å². The number of hydrogen-bond donors (Lipinski definition) is 1. The third-order valence-electron chi connectivity index (χ3n) is 4.93. The quantitative estimate of drug-likeness (QED) is 0.925. The molecule has 4 heteroatoms. The SMILES string of the molecule is CC[C@@H](O)c1ccc(N2CCC(N3CCCCC3)C2)cn1. The van der Waals surface area contributed by atoms with Crippen molar-refractivity contribution in [2.24, 2.45) is 0 Å². The van der Waals surface area contributed by atoms with E-state index in [0.29, 0.717) is 12.5 Å². The van der Waals surface area contributed by atoms with Crippen LogP contribution in [0.5, 0.6) is 0 Å². The molecular weight excluding hydrogens is 262 g/mol. The van der Waals surface area contributed by atoms with Crippen molar-refractivity contribution in [3.8, 4) is 0 Å². The van der Waals surface area contributed by atoms with Gasteiger partial charge in [0, 0.05) is 19.1 Å². The van der Waals surface area contributed by atoms with Gasteiger partial charge in [0.05, 0.1) is 23.7 Å². The van der Waals surface area contributed by atoms with Crippen LogP contribution >= 0.6 is 0 Å². The standard InChI is InChI=1S/C17H27N3O/c1-2-17(21)16-7-6-14(12-18-16)20-11-8-15(13-20)19-9-4-3-5-10-19/h6-7,12,15,17,21H,2-5,8-11,13H2,1H3/t15?,17-/m1/s1. The van der Waals surface area contributed by atoms with E-state index in [-0.39, 0.29) is 0 Å². The lowest BCUT2D eigenvalue weighted by atomic mass is 10.1. The van der Waals surface area contributed by atoms with E-state index in [9.17, 15) is 5.11 Å². The van der Waals surface area contributed by atoms with Crippen LogP contribution in [-0.4, -0.2) is 47.2 Å². The normalized spacial score (nSPS) is 25.2. The number of aliphatic hydroxyl groups excluding tert-OH is 1. The lowest BCUT2D eigenvalue weighted by molar-refractivity contribution is 0.169. The maximum Gasteiger partial charge on any atom is 0.0957 e. The summed E-state index contributed by atoms with van der Waals surface area (Å²) in [5.41, 5.74) is 1.98. The lowest BCUT2D eigenvalue weighted by Gasteiger charge is -2.32. The highest BCUT2D eigenvalue weighted by Gasteiger charge is 2.28. The van der Waals surface area contributed by atoms with Crippen LogP contribution in [0.1, 0.15) is 50.8 Å². The van der Waals surface area contributed by atoms with Gasteiger partial charge in [-0.25, -0.2) is 0 Å². The van der Waals surface area contributed by atoms with Gasteiger partial charge in [0.25, 0.3) is 0 Å². The number of rotatable bonds is 4. The average molecular weight is 289 g/mol. The summed E-state index contributed by atoms with van der Waals surface area (Å²) in [5, 5.41) is 9.81. The number of aromatic nitrogens is 1. The van der Waals surface area contributed by atoms with E-state index >= 15 is 0 Å². The Hall–Kier alpha value is -1.13. The Bertz CT molecular complexity index is 442. The molecule has 2 atom stereocenters. The second-order valence-corrected chi connectivity index (χ2v) is 6.35. The molecule has 2 aliphatic heterocycles. The van der Waals surface area contributed by atoms with Gasteiger partial charge in [0.15, 0.2) is 0 Å². The van der Waals surface area contributed by atoms with E-state index in [4.69, 9.17) is 0 Å². The fourth-order valence-electron chi connectivity index (χ4n) is 3.55. The molecule has 0 aromatic carbocycles. The summed E-state index contributed by atoms with van der Waals surface area (Å²) < 4.78 is 0. The van der Waals surface area contributed by atoms with Crippen molar-refractivity contribution in [3.63, 3.8) is 0 Å². The smallest absolute Gasteiger partial charge is 0.0957 e. The molecule has 4 nitrogen and oxygen atoms in total. The molecule has 0 amide bonds. The molecule has 1 unspecified atom stereocenters. The molecule has 3 heterocycles. The first kappa shape index (κ1) is 14.8. The van der Waals surface area contributed by atoms with Crippen molar-refractivity contribution in [2.75, 3.05) is 31.1 Å². The zero-order valence-corrected chi connectivity index (χ0v) is 13.0. The van der Waals surface area contributed by atoms with Gasteiger partial charge in [-0.1, -0.05) is 13.3 Å². The summed E-state index contributed by atoms with van der Waals surface area (Å²) in [6.45, 7) is 6.77. The number of piperidine rings is 1. The van der Waals surface area contributed by atoms with E-state index in [0.717, 1.165) is 18.8 Å². The topological polar surface area (TPSA) is 39.6 Å². The van der Waals surface area contributed by atoms with Crippen molar-refractivity contribution in [1.29, 1.82) is 0 Å². The first-order valence-electron chi connectivity index (χ1n) is 8.41. The molecule has 1 aromatic rings. The number of aliphatic hydroxyl groups is 1. The van der Waals surface area contributed by atoms with Gasteiger partial charge in [-0.2, -0.15) is 0 Å². The molecule has 116 valence electrons. The monoisotopic (exact) mass is 289 g/mol. The highest BCUT2D eigenvalue weighted by Crippen LogP contribution is 2.25. The van der Waals surface area contributed by atoms with Crippen LogP contribution in [0.3, 0.4) is 0 Å². The predicted molar refractivity (Wildman–Crippen MR) is 85.5 cm³/mol. The van der Waals surface area contributed by atoms with Gasteiger partial charge in [-0.05, 0) is 50.9 Å². The maximum absolute atomic E-state index is 9.81. The number of nitrogens with zero attached hydrogens (tertiary/aromatic N) is 3. The van der Waals surface area contributed by atoms with Crippen molar-refractivity contribution >= 4 is 5.69 Å². The summed E-state index contributed by atoms with van der Waals surface area (Å²) in [7, 11) is 0. The summed E-state index contributed by atoms with van der Waals surface area (Å²) >= 11 is 0. The zero-order chi connectivity index (χ0) is 14.7. The van der Waals surface area contributed by atoms with E-state index < -0.39 is 6.10 Å². The van der Waals surface area contributed by atoms with Gasteiger partial charge in [0.2, 0.25) is 0 Å². The fourth-order valence-corrected chi connectivity index (χ4v) is 3.55. The van der Waals surface area contributed by atoms with E-state index in [1.54, 1.807) is 0 Å². The summed E-state index contributed by atoms with van der Waals surface area (Å²) in [4.78, 5) is 9.54. The Balaban J connectivity index is 1.60. The van der Waals surface area contributed by atoms with Crippen LogP contribution in [0.4, 0.5) is 5.69 Å². The molecule has 2 fully saturated rings. The van der Waals surface area contributed by atoms with Gasteiger partial charge in [-0.15, -0.1) is 0 Å². The molecule has 2 aliphatic rings. The van der Waals surface area contributed by atoms with Gasteiger partial charge < -0.3 is 10.0 Å². The zero-order valence-electron chi connectivity index (χ0n) is 13.0. The molecule has 21 heavy (non-hydrogen) atoms. The maximum atomic E-state index is 9.81. The second kappa shape index (κ2) is 6.75. The molecule has 1 N–H and O–H groups in total. The van der Waals surface area contributed by atoms with E-state index in [1.807, 2.05) is 19.2 Å². The first-order chi connectivity index (χ1) is 10.3. The van der Waals surface area contributed by atoms with E-state index in [1.165, 1.54) is 44.5 Å². The molecule has 1 aromatic heterocycles. The molecule has 2 saturated heterocycles. The Morgan fingerprint density at radius 3 is 2.71 bits per heavy atom. The first-order valence-corrected chi connectivity index (χ1v) is 8.41. The number of anilines is 1. The Labute approximate surface area is 127 Å². The Kier molecular flexibility index (Phi) is 4.76. The molecule has 0 bridgehead atoms. The molecule has 0 spiro atoms. The van der Waals surface area contributed by atoms with Crippen LogP contribution in [0, 0.1) is 0 Å². The minimum atomic E-state index is -0.432. The predicted octanol–water partition coefficient (Wildman–Crippen LogP) is 2.59. The van der Waals surface area contributed by atoms with Crippen molar-refractivity contribution < 1.29 is 5.11 Å². The summed E-state index contributed by atoms with van der Waals surface area (Å²) in [5.74, 6) is 0. The number of pyridine rings is 1. The Morgan fingerprint density at radius 1 is 1.24 bits per heavy atom. The lowest BCUT2D eigenvalue weighted by Crippen LogP contribution is -2.40. The second-order valence-electron chi connectivity index (χ2n) is 6.35. The van der Waals surface area contributed by atoms with Gasteiger partial charge in [0.1, 0.15) is 0 Å². The van der Waals surface area contributed by atoms with Crippen LogP contribution < -0.4 is 4.90 Å². The van der Waals surface area contributed by atoms with Crippen LogP contribution in [-0.2, 0) is 0 Å². The van der Waals surface area contributed by atoms with Crippen molar-refractivity contribution in [3.05, 3.63) is 24.0 Å². The van der Waals surface area contributed by atoms with Crippen LogP contribution in [0.25, 0.3) is 0 Å². The van der Waals surface area contributed by atoms with E-state index in [2.05, 4.69) is 20.9 Å². The minimum absolute atomic E-state index is 0.432. The molecule has 0 saturated carbocycles. The average Bonchev–Trinajstić information content (AvgIpc) is 3.05. The number of likely N-dealkylation sites (tertiary alicyclic amines) is 1. The highest BCUT2D eigenvalue weighted by molar-refractivity contribution is 5.46. The molecule has 0 radical (unpaired) electrons.